The molecular formula is C14H14BrN5O3. The molecule has 0 unspecified atom stereocenters. The van der Waals surface area contributed by atoms with Crippen LogP contribution in [-0.4, -0.2) is 39.2 Å². The Morgan fingerprint density at radius 1 is 1.48 bits per heavy atom. The summed E-state index contributed by atoms with van der Waals surface area (Å²) in [7, 11) is 1.65. The molecule has 1 amide bonds. The minimum Gasteiger partial charge on any atom is -0.446 e. The second-order valence-corrected chi connectivity index (χ2v) is 5.59. The summed E-state index contributed by atoms with van der Waals surface area (Å²) in [5.74, 6) is 1.49. The first kappa shape index (κ1) is 15.3. The van der Waals surface area contributed by atoms with E-state index in [4.69, 9.17) is 14.9 Å². The standard InChI is InChI=1S/C14H14BrN5O3/c1-3-19(2)14(21)22-8-6-11(16)20-12(7-8)17-13(18-20)9-4-5-10(15)23-9/h4-7H,3,16H2,1-2H3. The highest BCUT2D eigenvalue weighted by atomic mass is 79.9. The number of rotatable bonds is 3. The van der Waals surface area contributed by atoms with Gasteiger partial charge in [-0.3, -0.25) is 0 Å². The number of furan rings is 1. The van der Waals surface area contributed by atoms with Crippen molar-refractivity contribution < 1.29 is 13.9 Å². The highest BCUT2D eigenvalue weighted by Crippen LogP contribution is 2.25. The number of fused-ring (bicyclic) bond motifs is 1. The number of nitrogen functional groups attached to an aromatic ring is 1. The van der Waals surface area contributed by atoms with Crippen LogP contribution in [0.1, 0.15) is 6.92 Å². The van der Waals surface area contributed by atoms with Crippen LogP contribution in [0.2, 0.25) is 0 Å². The van der Waals surface area contributed by atoms with Gasteiger partial charge in [-0.1, -0.05) is 0 Å². The van der Waals surface area contributed by atoms with Gasteiger partial charge < -0.3 is 19.8 Å². The number of pyridine rings is 1. The Balaban J connectivity index is 1.96. The molecule has 23 heavy (non-hydrogen) atoms. The van der Waals surface area contributed by atoms with Gasteiger partial charge in [0.1, 0.15) is 11.6 Å². The second-order valence-electron chi connectivity index (χ2n) is 4.81. The van der Waals surface area contributed by atoms with E-state index in [9.17, 15) is 4.79 Å². The molecule has 0 aliphatic rings. The molecule has 3 heterocycles. The predicted octanol–water partition coefficient (Wildman–Crippen LogP) is 2.78. The summed E-state index contributed by atoms with van der Waals surface area (Å²) in [5, 5.41) is 4.28. The molecule has 0 saturated carbocycles. The van der Waals surface area contributed by atoms with Gasteiger partial charge >= 0.3 is 6.09 Å². The van der Waals surface area contributed by atoms with E-state index in [1.54, 1.807) is 25.2 Å². The van der Waals surface area contributed by atoms with Crippen molar-refractivity contribution in [2.45, 2.75) is 6.92 Å². The van der Waals surface area contributed by atoms with Crippen molar-refractivity contribution in [1.29, 1.82) is 0 Å². The predicted molar refractivity (Wildman–Crippen MR) is 87.1 cm³/mol. The van der Waals surface area contributed by atoms with Crippen LogP contribution < -0.4 is 10.5 Å². The summed E-state index contributed by atoms with van der Waals surface area (Å²) in [6.45, 7) is 2.39. The molecule has 9 heteroatoms. The van der Waals surface area contributed by atoms with Crippen LogP contribution in [0.4, 0.5) is 10.6 Å². The quantitative estimate of drug-likeness (QED) is 0.750. The van der Waals surface area contributed by atoms with Crippen LogP contribution in [0.15, 0.2) is 33.4 Å². The van der Waals surface area contributed by atoms with E-state index in [-0.39, 0.29) is 0 Å². The summed E-state index contributed by atoms with van der Waals surface area (Å²) in [4.78, 5) is 17.6. The van der Waals surface area contributed by atoms with E-state index >= 15 is 0 Å². The van der Waals surface area contributed by atoms with Gasteiger partial charge in [0.15, 0.2) is 16.1 Å². The third kappa shape index (κ3) is 3.00. The third-order valence-corrected chi connectivity index (χ3v) is 3.65. The van der Waals surface area contributed by atoms with Gasteiger partial charge in [0.05, 0.1) is 0 Å². The maximum atomic E-state index is 11.8. The maximum Gasteiger partial charge on any atom is 0.414 e. The van der Waals surface area contributed by atoms with Gasteiger partial charge in [0.2, 0.25) is 5.82 Å². The fourth-order valence-electron chi connectivity index (χ4n) is 1.89. The minimum atomic E-state index is -0.467. The Labute approximate surface area is 140 Å². The number of nitrogens with zero attached hydrogens (tertiary/aromatic N) is 4. The number of aromatic nitrogens is 3. The van der Waals surface area contributed by atoms with Gasteiger partial charge in [0.25, 0.3) is 0 Å². The number of amides is 1. The summed E-state index contributed by atoms with van der Waals surface area (Å²) in [6, 6.07) is 6.60. The van der Waals surface area contributed by atoms with Gasteiger partial charge in [-0.2, -0.15) is 4.52 Å². The molecule has 0 atom stereocenters. The van der Waals surface area contributed by atoms with Crippen molar-refractivity contribution in [3.63, 3.8) is 0 Å². The number of hydrogen-bond donors (Lipinski definition) is 1. The third-order valence-electron chi connectivity index (χ3n) is 3.22. The van der Waals surface area contributed by atoms with Crippen LogP contribution >= 0.6 is 15.9 Å². The van der Waals surface area contributed by atoms with Crippen molar-refractivity contribution in [1.82, 2.24) is 19.5 Å². The lowest BCUT2D eigenvalue weighted by Gasteiger charge is -2.14. The lowest BCUT2D eigenvalue weighted by molar-refractivity contribution is 0.165. The summed E-state index contributed by atoms with van der Waals surface area (Å²) < 4.78 is 12.7. The summed E-state index contributed by atoms with van der Waals surface area (Å²) in [5.41, 5.74) is 6.41. The SMILES string of the molecule is CCN(C)C(=O)Oc1cc(N)n2nc(-c3ccc(Br)o3)nc2c1. The average molecular weight is 380 g/mol. The van der Waals surface area contributed by atoms with Gasteiger partial charge in [-0.05, 0) is 35.0 Å². The molecule has 3 rings (SSSR count). The largest absolute Gasteiger partial charge is 0.446 e. The molecule has 0 aliphatic heterocycles. The zero-order valence-electron chi connectivity index (χ0n) is 12.5. The second kappa shape index (κ2) is 5.92. The van der Waals surface area contributed by atoms with Crippen molar-refractivity contribution in [2.24, 2.45) is 0 Å². The Kier molecular flexibility index (Phi) is 3.95. The molecule has 0 fully saturated rings. The first-order chi connectivity index (χ1) is 11.0. The molecule has 0 bridgehead atoms. The Morgan fingerprint density at radius 2 is 2.26 bits per heavy atom. The van der Waals surface area contributed by atoms with Crippen LogP contribution in [-0.2, 0) is 0 Å². The Hall–Kier alpha value is -2.55. The average Bonchev–Trinajstić information content (AvgIpc) is 3.12. The molecule has 120 valence electrons. The molecule has 0 aliphatic carbocycles. The maximum absolute atomic E-state index is 11.8. The zero-order valence-corrected chi connectivity index (χ0v) is 14.1. The number of halogens is 1. The number of carbonyl (C=O) groups is 1. The van der Waals surface area contributed by atoms with E-state index in [0.29, 0.717) is 40.0 Å². The molecule has 3 aromatic heterocycles. The lowest BCUT2D eigenvalue weighted by atomic mass is 10.4. The van der Waals surface area contributed by atoms with E-state index in [1.807, 2.05) is 6.92 Å². The fraction of sp³-hybridized carbons (Fsp3) is 0.214. The molecule has 2 N–H and O–H groups in total. The zero-order chi connectivity index (χ0) is 16.6. The molecule has 0 saturated heterocycles. The number of nitrogens with two attached hydrogens (primary N) is 1. The summed E-state index contributed by atoms with van der Waals surface area (Å²) >= 11 is 3.23. The molecule has 0 aromatic carbocycles. The topological polar surface area (TPSA) is 98.9 Å². The first-order valence-electron chi connectivity index (χ1n) is 6.83. The van der Waals surface area contributed by atoms with Crippen molar-refractivity contribution in [3.05, 3.63) is 28.9 Å². The Morgan fingerprint density at radius 3 is 2.91 bits per heavy atom. The molecular weight excluding hydrogens is 366 g/mol. The van der Waals surface area contributed by atoms with Crippen LogP contribution in [0, 0.1) is 0 Å². The molecule has 8 nitrogen and oxygen atoms in total. The van der Waals surface area contributed by atoms with Gasteiger partial charge in [-0.15, -0.1) is 5.10 Å². The van der Waals surface area contributed by atoms with Gasteiger partial charge in [-0.25, -0.2) is 9.78 Å². The highest BCUT2D eigenvalue weighted by molar-refractivity contribution is 9.10. The van der Waals surface area contributed by atoms with Crippen molar-refractivity contribution in [2.75, 3.05) is 19.3 Å². The Bertz CT molecular complexity index is 873. The normalized spacial score (nSPS) is 10.9. The van der Waals surface area contributed by atoms with E-state index in [1.165, 1.54) is 15.5 Å². The van der Waals surface area contributed by atoms with Gasteiger partial charge in [0, 0.05) is 25.7 Å². The van der Waals surface area contributed by atoms with Crippen LogP contribution in [0.25, 0.3) is 17.2 Å². The van der Waals surface area contributed by atoms with Crippen LogP contribution in [0.5, 0.6) is 5.75 Å². The lowest BCUT2D eigenvalue weighted by Crippen LogP contribution is -2.29. The number of ether oxygens (including phenoxy) is 1. The number of carbonyl (C=O) groups excluding carboxylic acids is 1. The molecule has 0 spiro atoms. The fourth-order valence-corrected chi connectivity index (χ4v) is 2.20. The van der Waals surface area contributed by atoms with Crippen molar-refractivity contribution >= 4 is 33.5 Å². The minimum absolute atomic E-state index is 0.300. The molecule has 3 aromatic rings. The molecule has 0 radical (unpaired) electrons. The van der Waals surface area contributed by atoms with E-state index < -0.39 is 6.09 Å². The van der Waals surface area contributed by atoms with Crippen LogP contribution in [0.3, 0.4) is 0 Å². The highest BCUT2D eigenvalue weighted by Gasteiger charge is 2.15. The monoisotopic (exact) mass is 379 g/mol. The van der Waals surface area contributed by atoms with E-state index in [2.05, 4.69) is 26.0 Å². The number of anilines is 1. The van der Waals surface area contributed by atoms with E-state index in [0.717, 1.165) is 0 Å². The smallest absolute Gasteiger partial charge is 0.414 e. The first-order valence-corrected chi connectivity index (χ1v) is 7.62. The number of hydrogen-bond acceptors (Lipinski definition) is 6. The summed E-state index contributed by atoms with van der Waals surface area (Å²) in [6.07, 6.45) is -0.467. The van der Waals surface area contributed by atoms with Crippen molar-refractivity contribution in [3.8, 4) is 17.3 Å².